The lowest BCUT2D eigenvalue weighted by Gasteiger charge is -2.32. The Morgan fingerprint density at radius 3 is 2.62 bits per heavy atom. The zero-order valence-corrected chi connectivity index (χ0v) is 10.7. The number of nitrogens with zero attached hydrogens (tertiary/aromatic N) is 2. The molecule has 2 aliphatic heterocycles. The van der Waals surface area contributed by atoms with E-state index in [4.69, 9.17) is 0 Å². The van der Waals surface area contributed by atoms with Crippen LogP contribution in [-0.2, 0) is 0 Å². The molecule has 0 aromatic heterocycles. The van der Waals surface area contributed by atoms with Gasteiger partial charge in [-0.3, -0.25) is 0 Å². The Morgan fingerprint density at radius 2 is 2.00 bits per heavy atom. The van der Waals surface area contributed by atoms with Crippen molar-refractivity contribution in [2.24, 2.45) is 5.92 Å². The van der Waals surface area contributed by atoms with Gasteiger partial charge in [0.15, 0.2) is 0 Å². The molecule has 16 heavy (non-hydrogen) atoms. The highest BCUT2D eigenvalue weighted by Crippen LogP contribution is 2.15. The van der Waals surface area contributed by atoms with Crippen LogP contribution in [0.4, 0.5) is 0 Å². The van der Waals surface area contributed by atoms with Crippen LogP contribution in [0.5, 0.6) is 0 Å². The van der Waals surface area contributed by atoms with Crippen molar-refractivity contribution in [2.75, 3.05) is 32.7 Å². The van der Waals surface area contributed by atoms with Crippen molar-refractivity contribution < 1.29 is 0 Å². The van der Waals surface area contributed by atoms with Gasteiger partial charge in [-0.2, -0.15) is 0 Å². The van der Waals surface area contributed by atoms with Crippen LogP contribution in [-0.4, -0.2) is 42.5 Å². The Labute approximate surface area is 99.6 Å². The molecule has 0 saturated carbocycles. The quantitative estimate of drug-likeness (QED) is 0.721. The van der Waals surface area contributed by atoms with Gasteiger partial charge >= 0.3 is 0 Å². The molecular weight excluding hydrogens is 196 g/mol. The van der Waals surface area contributed by atoms with Crippen molar-refractivity contribution in [1.29, 1.82) is 0 Å². The molecule has 90 valence electrons. The van der Waals surface area contributed by atoms with E-state index in [1.54, 1.807) is 0 Å². The number of rotatable bonds is 3. The lowest BCUT2D eigenvalue weighted by molar-refractivity contribution is 0.178. The molecule has 0 bridgehead atoms. The minimum absolute atomic E-state index is 0.941. The van der Waals surface area contributed by atoms with Crippen molar-refractivity contribution in [3.8, 4) is 0 Å². The monoisotopic (exact) mass is 220 g/mol. The van der Waals surface area contributed by atoms with Gasteiger partial charge in [0.25, 0.3) is 0 Å². The van der Waals surface area contributed by atoms with E-state index in [9.17, 15) is 0 Å². The number of hydrogen-bond acceptors (Lipinski definition) is 2. The number of allylic oxidation sites excluding steroid dienone is 2. The molecule has 1 saturated heterocycles. The van der Waals surface area contributed by atoms with Crippen LogP contribution >= 0.6 is 0 Å². The van der Waals surface area contributed by atoms with E-state index >= 15 is 0 Å². The fourth-order valence-electron chi connectivity index (χ4n) is 2.33. The lowest BCUT2D eigenvalue weighted by atomic mass is 9.99. The van der Waals surface area contributed by atoms with Crippen LogP contribution in [0, 0.1) is 5.92 Å². The molecule has 0 aromatic carbocycles. The van der Waals surface area contributed by atoms with E-state index < -0.39 is 0 Å². The van der Waals surface area contributed by atoms with Gasteiger partial charge in [-0.25, -0.2) is 0 Å². The molecule has 2 aliphatic rings. The van der Waals surface area contributed by atoms with Crippen LogP contribution in [0.25, 0.3) is 0 Å². The Balaban J connectivity index is 1.67. The van der Waals surface area contributed by atoms with Crippen molar-refractivity contribution in [3.05, 3.63) is 23.9 Å². The highest BCUT2D eigenvalue weighted by Gasteiger charge is 2.15. The molecule has 2 nitrogen and oxygen atoms in total. The standard InChI is InChI=1S/C14H24N2/c1-13-3-7-15(8-4-13)11-12-16-9-5-14(2)6-10-16/h3-4,7,14H,5-6,8-12H2,1-2H3. The summed E-state index contributed by atoms with van der Waals surface area (Å²) in [4.78, 5) is 5.02. The summed E-state index contributed by atoms with van der Waals surface area (Å²) in [7, 11) is 0. The highest BCUT2D eigenvalue weighted by molar-refractivity contribution is 5.19. The fourth-order valence-corrected chi connectivity index (χ4v) is 2.33. The Morgan fingerprint density at radius 1 is 1.25 bits per heavy atom. The van der Waals surface area contributed by atoms with Crippen molar-refractivity contribution >= 4 is 0 Å². The summed E-state index contributed by atoms with van der Waals surface area (Å²) in [5, 5.41) is 0. The van der Waals surface area contributed by atoms with E-state index in [1.165, 1.54) is 44.6 Å². The van der Waals surface area contributed by atoms with Gasteiger partial charge in [0.05, 0.1) is 0 Å². The van der Waals surface area contributed by atoms with Gasteiger partial charge in [-0.15, -0.1) is 0 Å². The third kappa shape index (κ3) is 3.38. The fraction of sp³-hybridized carbons (Fsp3) is 0.714. The zero-order chi connectivity index (χ0) is 11.4. The lowest BCUT2D eigenvalue weighted by Crippen LogP contribution is -2.38. The molecule has 0 atom stereocenters. The molecule has 0 spiro atoms. The summed E-state index contributed by atoms with van der Waals surface area (Å²) in [6.07, 6.45) is 9.52. The largest absolute Gasteiger partial charge is 0.372 e. The summed E-state index contributed by atoms with van der Waals surface area (Å²) in [5.74, 6) is 0.941. The van der Waals surface area contributed by atoms with Crippen LogP contribution in [0.15, 0.2) is 23.9 Å². The molecule has 2 heteroatoms. The topological polar surface area (TPSA) is 6.48 Å². The first-order valence-corrected chi connectivity index (χ1v) is 6.55. The van der Waals surface area contributed by atoms with E-state index in [2.05, 4.69) is 42.0 Å². The van der Waals surface area contributed by atoms with Crippen LogP contribution in [0.1, 0.15) is 26.7 Å². The molecule has 0 unspecified atom stereocenters. The van der Waals surface area contributed by atoms with Crippen molar-refractivity contribution in [1.82, 2.24) is 9.80 Å². The first-order valence-electron chi connectivity index (χ1n) is 6.55. The summed E-state index contributed by atoms with van der Waals surface area (Å²) in [6, 6.07) is 0. The van der Waals surface area contributed by atoms with Gasteiger partial charge in [-0.05, 0) is 51.0 Å². The van der Waals surface area contributed by atoms with Crippen molar-refractivity contribution in [3.63, 3.8) is 0 Å². The average Bonchev–Trinajstić information content (AvgIpc) is 2.30. The van der Waals surface area contributed by atoms with E-state index in [-0.39, 0.29) is 0 Å². The normalized spacial score (nSPS) is 23.6. The van der Waals surface area contributed by atoms with E-state index in [0.717, 1.165) is 12.5 Å². The van der Waals surface area contributed by atoms with Gasteiger partial charge in [0, 0.05) is 19.6 Å². The summed E-state index contributed by atoms with van der Waals surface area (Å²) in [5.41, 5.74) is 1.39. The maximum absolute atomic E-state index is 2.61. The maximum Gasteiger partial charge on any atom is 0.0360 e. The summed E-state index contributed by atoms with van der Waals surface area (Å²) < 4.78 is 0. The minimum atomic E-state index is 0.941. The predicted molar refractivity (Wildman–Crippen MR) is 69.3 cm³/mol. The molecule has 2 heterocycles. The number of piperidine rings is 1. The van der Waals surface area contributed by atoms with Gasteiger partial charge in [0.1, 0.15) is 0 Å². The van der Waals surface area contributed by atoms with Gasteiger partial charge < -0.3 is 9.80 Å². The average molecular weight is 220 g/mol. The molecule has 0 aromatic rings. The Kier molecular flexibility index (Phi) is 4.05. The first-order chi connectivity index (χ1) is 7.74. The van der Waals surface area contributed by atoms with E-state index in [1.807, 2.05) is 0 Å². The maximum atomic E-state index is 2.61. The Bertz CT molecular complexity index is 272. The predicted octanol–water partition coefficient (Wildman–Crippen LogP) is 2.49. The SMILES string of the molecule is CC1=CCN(CCN2CCC(C)CC2)C=C1. The summed E-state index contributed by atoms with van der Waals surface area (Å²) in [6.45, 7) is 10.6. The van der Waals surface area contributed by atoms with Crippen LogP contribution in [0.3, 0.4) is 0 Å². The van der Waals surface area contributed by atoms with Crippen LogP contribution in [0.2, 0.25) is 0 Å². The third-order valence-electron chi connectivity index (χ3n) is 3.78. The minimum Gasteiger partial charge on any atom is -0.372 e. The molecule has 0 amide bonds. The first kappa shape index (κ1) is 11.7. The Hall–Kier alpha value is -0.760. The van der Waals surface area contributed by atoms with Gasteiger partial charge in [-0.1, -0.05) is 18.6 Å². The van der Waals surface area contributed by atoms with E-state index in [0.29, 0.717) is 0 Å². The second-order valence-corrected chi connectivity index (χ2v) is 5.28. The molecule has 2 rings (SSSR count). The second kappa shape index (κ2) is 5.53. The number of likely N-dealkylation sites (tertiary alicyclic amines) is 1. The highest BCUT2D eigenvalue weighted by atomic mass is 15.2. The third-order valence-corrected chi connectivity index (χ3v) is 3.78. The van der Waals surface area contributed by atoms with Crippen LogP contribution < -0.4 is 0 Å². The van der Waals surface area contributed by atoms with Crippen molar-refractivity contribution in [2.45, 2.75) is 26.7 Å². The second-order valence-electron chi connectivity index (χ2n) is 5.28. The molecule has 0 radical (unpaired) electrons. The smallest absolute Gasteiger partial charge is 0.0360 e. The number of hydrogen-bond donors (Lipinski definition) is 0. The van der Waals surface area contributed by atoms with Gasteiger partial charge in [0.2, 0.25) is 0 Å². The summed E-state index contributed by atoms with van der Waals surface area (Å²) >= 11 is 0. The molecule has 0 aliphatic carbocycles. The molecule has 1 fully saturated rings. The molecule has 0 N–H and O–H groups in total. The zero-order valence-electron chi connectivity index (χ0n) is 10.7. The molecular formula is C14H24N2.